The van der Waals surface area contributed by atoms with Crippen LogP contribution >= 0.6 is 34.8 Å². The van der Waals surface area contributed by atoms with Crippen LogP contribution in [0.4, 0.5) is 15.8 Å². The van der Waals surface area contributed by atoms with Gasteiger partial charge in [-0.1, -0.05) is 47.5 Å². The molecule has 3 aromatic carbocycles. The molecule has 6 atom stereocenters. The number of para-hydroxylation sites is 1. The van der Waals surface area contributed by atoms with E-state index in [4.69, 9.17) is 34.8 Å². The van der Waals surface area contributed by atoms with Gasteiger partial charge in [-0.3, -0.25) is 24.1 Å². The lowest BCUT2D eigenvalue weighted by atomic mass is 9.56. The summed E-state index contributed by atoms with van der Waals surface area (Å²) < 4.78 is 13.8. The second-order valence-corrected chi connectivity index (χ2v) is 13.0. The second kappa shape index (κ2) is 9.64. The van der Waals surface area contributed by atoms with Crippen molar-refractivity contribution in [2.45, 2.75) is 28.5 Å². The van der Waals surface area contributed by atoms with Gasteiger partial charge in [0.2, 0.25) is 11.8 Å². The van der Waals surface area contributed by atoms with Gasteiger partial charge in [0.15, 0.2) is 9.75 Å². The molecule has 1 N–H and O–H groups in total. The number of allylic oxidation sites excluding steroid dienone is 2. The molecular weight excluding hydrogens is 618 g/mol. The standard InChI is InChI=1S/C32H22Cl3FN2O5/c33-24-14-19(39)10-11-21(24)26-20-12-13-22-25(28(41)37(27(22)40)17-4-2-1-3-5-17)23(20)15-31(34)29(42)38(30(43)32(26,31)35)18-8-6-16(36)7-9-18/h1-12,14,22-23,25-26,39H,13,15H2. The van der Waals surface area contributed by atoms with Crippen molar-refractivity contribution in [2.24, 2.45) is 17.8 Å². The number of fused-ring (bicyclic) bond motifs is 4. The SMILES string of the molecule is O=C1C2CC=C3C(CC4(Cl)C(=O)N(c5ccc(F)cc5)C(=O)C4(Cl)C3c3ccc(O)cc3Cl)C2C(=O)N1c1ccccc1. The zero-order valence-corrected chi connectivity index (χ0v) is 24.5. The Bertz CT molecular complexity index is 1770. The molecule has 6 unspecified atom stereocenters. The van der Waals surface area contributed by atoms with Crippen LogP contribution in [-0.2, 0) is 19.2 Å². The summed E-state index contributed by atoms with van der Waals surface area (Å²) >= 11 is 21.3. The Labute approximate surface area is 260 Å². The summed E-state index contributed by atoms with van der Waals surface area (Å²) in [5, 5.41) is 10.2. The summed E-state index contributed by atoms with van der Waals surface area (Å²) in [6, 6.07) is 17.6. The average molecular weight is 640 g/mol. The molecule has 1 saturated carbocycles. The van der Waals surface area contributed by atoms with Crippen LogP contribution in [0.3, 0.4) is 0 Å². The first kappa shape index (κ1) is 28.1. The highest BCUT2D eigenvalue weighted by atomic mass is 35.5. The summed E-state index contributed by atoms with van der Waals surface area (Å²) in [6.45, 7) is 0. The molecule has 3 fully saturated rings. The zero-order chi connectivity index (χ0) is 30.4. The molecule has 11 heteroatoms. The van der Waals surface area contributed by atoms with Gasteiger partial charge in [0.05, 0.1) is 23.2 Å². The highest BCUT2D eigenvalue weighted by Gasteiger charge is 2.76. The maximum Gasteiger partial charge on any atom is 0.258 e. The number of rotatable bonds is 3. The number of carbonyl (C=O) groups excluding carboxylic acids is 4. The number of imide groups is 2. The Morgan fingerprint density at radius 2 is 1.49 bits per heavy atom. The Balaban J connectivity index is 1.41. The number of amides is 4. The van der Waals surface area contributed by atoms with Crippen molar-refractivity contribution < 1.29 is 28.7 Å². The monoisotopic (exact) mass is 638 g/mol. The molecule has 4 amide bonds. The molecule has 7 rings (SSSR count). The van der Waals surface area contributed by atoms with E-state index in [-0.39, 0.29) is 35.2 Å². The first-order valence-electron chi connectivity index (χ1n) is 13.6. The van der Waals surface area contributed by atoms with Crippen LogP contribution < -0.4 is 9.80 Å². The Hall–Kier alpha value is -3.72. The first-order chi connectivity index (χ1) is 20.5. The van der Waals surface area contributed by atoms with Gasteiger partial charge in [-0.15, -0.1) is 23.2 Å². The summed E-state index contributed by atoms with van der Waals surface area (Å²) in [5.41, 5.74) is 1.41. The third kappa shape index (κ3) is 3.73. The van der Waals surface area contributed by atoms with E-state index in [1.54, 1.807) is 36.4 Å². The van der Waals surface area contributed by atoms with Gasteiger partial charge in [0, 0.05) is 10.9 Å². The Kier molecular flexibility index (Phi) is 6.30. The molecule has 0 aromatic heterocycles. The third-order valence-electron chi connectivity index (χ3n) is 9.21. The number of hydrogen-bond acceptors (Lipinski definition) is 5. The maximum absolute atomic E-state index is 14.3. The van der Waals surface area contributed by atoms with Crippen molar-refractivity contribution in [3.63, 3.8) is 0 Å². The summed E-state index contributed by atoms with van der Waals surface area (Å²) in [7, 11) is 0. The minimum absolute atomic E-state index is 0.0768. The number of nitrogens with zero attached hydrogens (tertiary/aromatic N) is 2. The van der Waals surface area contributed by atoms with E-state index in [2.05, 4.69) is 0 Å². The van der Waals surface area contributed by atoms with Gasteiger partial charge < -0.3 is 5.11 Å². The topological polar surface area (TPSA) is 95.0 Å². The van der Waals surface area contributed by atoms with Gasteiger partial charge in [0.25, 0.3) is 11.8 Å². The fourth-order valence-corrected chi connectivity index (χ4v) is 8.54. The van der Waals surface area contributed by atoms with E-state index in [9.17, 15) is 28.7 Å². The van der Waals surface area contributed by atoms with Crippen molar-refractivity contribution in [2.75, 3.05) is 9.80 Å². The molecule has 43 heavy (non-hydrogen) atoms. The maximum atomic E-state index is 14.3. The molecule has 0 bridgehead atoms. The quantitative estimate of drug-likeness (QED) is 0.217. The van der Waals surface area contributed by atoms with Crippen molar-refractivity contribution >= 4 is 69.8 Å². The van der Waals surface area contributed by atoms with Crippen molar-refractivity contribution in [3.05, 3.63) is 101 Å². The minimum atomic E-state index is -2.11. The summed E-state index contributed by atoms with van der Waals surface area (Å²) in [5.74, 6) is -6.55. The predicted molar refractivity (Wildman–Crippen MR) is 159 cm³/mol. The van der Waals surface area contributed by atoms with E-state index >= 15 is 0 Å². The van der Waals surface area contributed by atoms with Crippen LogP contribution in [0, 0.1) is 23.6 Å². The second-order valence-electron chi connectivity index (χ2n) is 11.3. The smallest absolute Gasteiger partial charge is 0.258 e. The third-order valence-corrected chi connectivity index (χ3v) is 10.9. The van der Waals surface area contributed by atoms with Crippen LogP contribution in [0.5, 0.6) is 5.75 Å². The number of alkyl halides is 2. The Morgan fingerprint density at radius 1 is 0.814 bits per heavy atom. The highest BCUT2D eigenvalue weighted by molar-refractivity contribution is 6.58. The van der Waals surface area contributed by atoms with E-state index in [0.29, 0.717) is 16.8 Å². The number of halogens is 4. The van der Waals surface area contributed by atoms with E-state index in [1.807, 2.05) is 0 Å². The van der Waals surface area contributed by atoms with Gasteiger partial charge in [0.1, 0.15) is 11.6 Å². The molecule has 2 saturated heterocycles. The van der Waals surface area contributed by atoms with Crippen LogP contribution in [0.25, 0.3) is 0 Å². The van der Waals surface area contributed by atoms with Crippen molar-refractivity contribution in [1.29, 1.82) is 0 Å². The van der Waals surface area contributed by atoms with E-state index in [0.717, 1.165) is 17.0 Å². The van der Waals surface area contributed by atoms with Gasteiger partial charge in [-0.2, -0.15) is 0 Å². The molecule has 2 aliphatic carbocycles. The molecule has 7 nitrogen and oxygen atoms in total. The first-order valence-corrected chi connectivity index (χ1v) is 14.8. The number of phenolic OH excluding ortho intramolecular Hbond substituents is 1. The summed E-state index contributed by atoms with van der Waals surface area (Å²) in [6.07, 6.45) is 1.79. The molecule has 218 valence electrons. The fraction of sp³-hybridized carbons (Fsp3) is 0.250. The summed E-state index contributed by atoms with van der Waals surface area (Å²) in [4.78, 5) is 54.1. The number of aromatic hydroxyl groups is 1. The molecular formula is C32H22Cl3FN2O5. The molecule has 3 aromatic rings. The number of anilines is 2. The molecule has 2 heterocycles. The molecule has 4 aliphatic rings. The molecule has 0 radical (unpaired) electrons. The normalized spacial score (nSPS) is 31.6. The Morgan fingerprint density at radius 3 is 2.16 bits per heavy atom. The number of carbonyl (C=O) groups is 4. The van der Waals surface area contributed by atoms with E-state index in [1.165, 1.54) is 35.2 Å². The van der Waals surface area contributed by atoms with Gasteiger partial charge in [-0.05, 0) is 72.9 Å². The van der Waals surface area contributed by atoms with Crippen LogP contribution in [-0.4, -0.2) is 38.5 Å². The number of hydrogen-bond donors (Lipinski definition) is 1. The lowest BCUT2D eigenvalue weighted by Gasteiger charge is -2.50. The number of phenols is 1. The van der Waals surface area contributed by atoms with Crippen LogP contribution in [0.2, 0.25) is 5.02 Å². The van der Waals surface area contributed by atoms with E-state index < -0.39 is 57.0 Å². The minimum Gasteiger partial charge on any atom is -0.508 e. The number of benzene rings is 3. The lowest BCUT2D eigenvalue weighted by molar-refractivity contribution is -0.125. The fourth-order valence-electron chi connectivity index (χ4n) is 7.33. The predicted octanol–water partition coefficient (Wildman–Crippen LogP) is 5.95. The largest absolute Gasteiger partial charge is 0.508 e. The van der Waals surface area contributed by atoms with Crippen LogP contribution in [0.15, 0.2) is 84.4 Å². The zero-order valence-electron chi connectivity index (χ0n) is 22.2. The van der Waals surface area contributed by atoms with Crippen molar-refractivity contribution in [1.82, 2.24) is 0 Å². The highest BCUT2D eigenvalue weighted by Crippen LogP contribution is 2.66. The molecule has 2 aliphatic heterocycles. The van der Waals surface area contributed by atoms with Gasteiger partial charge in [-0.25, -0.2) is 9.29 Å². The lowest BCUT2D eigenvalue weighted by Crippen LogP contribution is -2.60. The van der Waals surface area contributed by atoms with Crippen molar-refractivity contribution in [3.8, 4) is 5.75 Å². The average Bonchev–Trinajstić information content (AvgIpc) is 3.32. The molecule has 0 spiro atoms. The van der Waals surface area contributed by atoms with Gasteiger partial charge >= 0.3 is 0 Å². The van der Waals surface area contributed by atoms with Crippen LogP contribution in [0.1, 0.15) is 24.3 Å².